The summed E-state index contributed by atoms with van der Waals surface area (Å²) in [6, 6.07) is 0. The zero-order valence-electron chi connectivity index (χ0n) is 11.0. The predicted octanol–water partition coefficient (Wildman–Crippen LogP) is 3.96. The Bertz CT molecular complexity index is 390. The van der Waals surface area contributed by atoms with Gasteiger partial charge in [0.1, 0.15) is 0 Å². The van der Waals surface area contributed by atoms with Gasteiger partial charge in [-0.25, -0.2) is 0 Å². The highest BCUT2D eigenvalue weighted by molar-refractivity contribution is 6.35. The number of nitrogens with zero attached hydrogens (tertiary/aromatic N) is 1. The number of aromatic nitrogens is 1. The summed E-state index contributed by atoms with van der Waals surface area (Å²) in [4.78, 5) is 3.95. The lowest BCUT2D eigenvalue weighted by Crippen LogP contribution is -2.38. The van der Waals surface area contributed by atoms with Crippen molar-refractivity contribution < 1.29 is 0 Å². The van der Waals surface area contributed by atoms with Crippen LogP contribution >= 0.6 is 23.2 Å². The van der Waals surface area contributed by atoms with Crippen molar-refractivity contribution in [1.29, 1.82) is 0 Å². The minimum atomic E-state index is 0.560. The second-order valence-corrected chi connectivity index (χ2v) is 6.79. The highest BCUT2D eigenvalue weighted by atomic mass is 35.5. The van der Waals surface area contributed by atoms with Crippen molar-refractivity contribution in [2.75, 3.05) is 13.1 Å². The van der Waals surface area contributed by atoms with Crippen molar-refractivity contribution in [3.8, 4) is 0 Å². The average Bonchev–Trinajstić information content (AvgIpc) is 2.24. The second kappa shape index (κ2) is 5.77. The van der Waals surface area contributed by atoms with Crippen molar-refractivity contribution in [3.63, 3.8) is 0 Å². The molecule has 2 nitrogen and oxygen atoms in total. The number of rotatable bonds is 5. The molecule has 0 aliphatic heterocycles. The standard InChI is InChI=1S/C14H20Cl2N2/c1-14(2)5-10(6-14)7-17-4-3-11-12(15)8-18-9-13(11)16/h8-10,17H,3-7H2,1-2H3. The van der Waals surface area contributed by atoms with Crippen molar-refractivity contribution in [3.05, 3.63) is 28.0 Å². The van der Waals surface area contributed by atoms with E-state index in [0.717, 1.165) is 31.0 Å². The number of halogens is 2. The van der Waals surface area contributed by atoms with Gasteiger partial charge in [-0.15, -0.1) is 0 Å². The van der Waals surface area contributed by atoms with Crippen molar-refractivity contribution in [1.82, 2.24) is 10.3 Å². The van der Waals surface area contributed by atoms with E-state index in [0.29, 0.717) is 15.5 Å². The fraction of sp³-hybridized carbons (Fsp3) is 0.643. The van der Waals surface area contributed by atoms with Gasteiger partial charge in [-0.2, -0.15) is 0 Å². The van der Waals surface area contributed by atoms with Crippen LogP contribution in [-0.4, -0.2) is 18.1 Å². The summed E-state index contributed by atoms with van der Waals surface area (Å²) < 4.78 is 0. The Morgan fingerprint density at radius 3 is 2.44 bits per heavy atom. The molecular weight excluding hydrogens is 267 g/mol. The molecule has 1 aromatic rings. The molecule has 1 aliphatic rings. The van der Waals surface area contributed by atoms with Gasteiger partial charge in [0.25, 0.3) is 0 Å². The first-order valence-electron chi connectivity index (χ1n) is 6.46. The van der Waals surface area contributed by atoms with E-state index in [1.807, 2.05) is 0 Å². The highest BCUT2D eigenvalue weighted by Gasteiger charge is 2.35. The summed E-state index contributed by atoms with van der Waals surface area (Å²) in [5.74, 6) is 0.836. The Morgan fingerprint density at radius 1 is 1.28 bits per heavy atom. The van der Waals surface area contributed by atoms with Crippen LogP contribution in [0, 0.1) is 11.3 Å². The lowest BCUT2D eigenvalue weighted by atomic mass is 9.64. The van der Waals surface area contributed by atoms with Crippen molar-refractivity contribution in [2.24, 2.45) is 11.3 Å². The monoisotopic (exact) mass is 286 g/mol. The van der Waals surface area contributed by atoms with E-state index in [9.17, 15) is 0 Å². The van der Waals surface area contributed by atoms with Gasteiger partial charge in [-0.05, 0) is 49.2 Å². The maximum Gasteiger partial charge on any atom is 0.0636 e. The third-order valence-electron chi connectivity index (χ3n) is 3.62. The minimum Gasteiger partial charge on any atom is -0.316 e. The molecule has 0 saturated heterocycles. The van der Waals surface area contributed by atoms with Crippen LogP contribution in [0.5, 0.6) is 0 Å². The largest absolute Gasteiger partial charge is 0.316 e. The molecule has 2 rings (SSSR count). The van der Waals surface area contributed by atoms with E-state index in [-0.39, 0.29) is 0 Å². The van der Waals surface area contributed by atoms with Crippen LogP contribution in [0.2, 0.25) is 10.0 Å². The quantitative estimate of drug-likeness (QED) is 0.829. The first-order chi connectivity index (χ1) is 8.48. The van der Waals surface area contributed by atoms with Crippen molar-refractivity contribution >= 4 is 23.2 Å². The molecule has 18 heavy (non-hydrogen) atoms. The number of pyridine rings is 1. The Labute approximate surface area is 119 Å². The molecule has 0 atom stereocenters. The number of hydrogen-bond acceptors (Lipinski definition) is 2. The summed E-state index contributed by atoms with van der Waals surface area (Å²) >= 11 is 12.1. The summed E-state index contributed by atoms with van der Waals surface area (Å²) in [6.45, 7) is 6.68. The van der Waals surface area contributed by atoms with Gasteiger partial charge in [-0.1, -0.05) is 37.0 Å². The third-order valence-corrected chi connectivity index (χ3v) is 4.27. The summed E-state index contributed by atoms with van der Waals surface area (Å²) in [5.41, 5.74) is 1.55. The Hall–Kier alpha value is -0.310. The lowest BCUT2D eigenvalue weighted by Gasteiger charge is -2.42. The molecule has 1 fully saturated rings. The Kier molecular flexibility index (Phi) is 4.52. The Morgan fingerprint density at radius 2 is 1.89 bits per heavy atom. The summed E-state index contributed by atoms with van der Waals surface area (Å²) in [5, 5.41) is 4.81. The molecule has 1 N–H and O–H groups in total. The SMILES string of the molecule is CC1(C)CC(CNCCc2c(Cl)cncc2Cl)C1. The fourth-order valence-electron chi connectivity index (χ4n) is 2.84. The zero-order valence-corrected chi connectivity index (χ0v) is 12.5. The maximum atomic E-state index is 6.07. The van der Waals surface area contributed by atoms with Gasteiger partial charge in [0.2, 0.25) is 0 Å². The van der Waals surface area contributed by atoms with Crippen LogP contribution < -0.4 is 5.32 Å². The van der Waals surface area contributed by atoms with Crippen LogP contribution in [-0.2, 0) is 6.42 Å². The first kappa shape index (κ1) is 14.1. The van der Waals surface area contributed by atoms with Crippen LogP contribution in [0.3, 0.4) is 0 Å². The smallest absolute Gasteiger partial charge is 0.0636 e. The molecule has 1 aliphatic carbocycles. The molecule has 0 aromatic carbocycles. The zero-order chi connectivity index (χ0) is 13.2. The summed E-state index contributed by atoms with van der Waals surface area (Å²) in [7, 11) is 0. The predicted molar refractivity (Wildman–Crippen MR) is 77.3 cm³/mol. The molecule has 100 valence electrons. The van der Waals surface area contributed by atoms with Gasteiger partial charge in [0.15, 0.2) is 0 Å². The molecule has 0 radical (unpaired) electrons. The molecule has 0 amide bonds. The molecule has 1 aromatic heterocycles. The second-order valence-electron chi connectivity index (χ2n) is 5.97. The average molecular weight is 287 g/mol. The third kappa shape index (κ3) is 3.59. The van der Waals surface area contributed by atoms with Gasteiger partial charge in [-0.3, -0.25) is 4.98 Å². The van der Waals surface area contributed by atoms with Gasteiger partial charge >= 0.3 is 0 Å². The maximum absolute atomic E-state index is 6.07. The summed E-state index contributed by atoms with van der Waals surface area (Å²) in [6.07, 6.45) is 6.82. The molecule has 1 saturated carbocycles. The Balaban J connectivity index is 1.70. The topological polar surface area (TPSA) is 24.9 Å². The normalized spacial score (nSPS) is 18.7. The highest BCUT2D eigenvalue weighted by Crippen LogP contribution is 2.44. The van der Waals surface area contributed by atoms with Crippen LogP contribution in [0.25, 0.3) is 0 Å². The lowest BCUT2D eigenvalue weighted by molar-refractivity contribution is 0.0962. The minimum absolute atomic E-state index is 0.560. The van der Waals surface area contributed by atoms with Crippen LogP contribution in [0.15, 0.2) is 12.4 Å². The molecule has 0 unspecified atom stereocenters. The van der Waals surface area contributed by atoms with Crippen LogP contribution in [0.1, 0.15) is 32.3 Å². The van der Waals surface area contributed by atoms with E-state index in [4.69, 9.17) is 23.2 Å². The molecule has 1 heterocycles. The van der Waals surface area contributed by atoms with E-state index >= 15 is 0 Å². The van der Waals surface area contributed by atoms with E-state index in [1.54, 1.807) is 12.4 Å². The van der Waals surface area contributed by atoms with E-state index in [2.05, 4.69) is 24.1 Å². The molecule has 0 bridgehead atoms. The first-order valence-corrected chi connectivity index (χ1v) is 7.22. The number of nitrogens with one attached hydrogen (secondary N) is 1. The number of hydrogen-bond donors (Lipinski definition) is 1. The van der Waals surface area contributed by atoms with Crippen LogP contribution in [0.4, 0.5) is 0 Å². The molecule has 4 heteroatoms. The van der Waals surface area contributed by atoms with E-state index in [1.165, 1.54) is 12.8 Å². The van der Waals surface area contributed by atoms with E-state index < -0.39 is 0 Å². The van der Waals surface area contributed by atoms with Gasteiger partial charge in [0, 0.05) is 12.4 Å². The molecule has 0 spiro atoms. The van der Waals surface area contributed by atoms with Gasteiger partial charge < -0.3 is 5.32 Å². The van der Waals surface area contributed by atoms with Gasteiger partial charge in [0.05, 0.1) is 10.0 Å². The van der Waals surface area contributed by atoms with Crippen molar-refractivity contribution in [2.45, 2.75) is 33.1 Å². The molecular formula is C14H20Cl2N2. The fourth-order valence-corrected chi connectivity index (χ4v) is 3.40.